The van der Waals surface area contributed by atoms with Crippen molar-refractivity contribution in [2.75, 3.05) is 0 Å². The fraction of sp³-hybridized carbons (Fsp3) is 0.200. The first-order chi connectivity index (χ1) is 11.1. The number of aryl methyl sites for hydroxylation is 1. The molecule has 0 spiro atoms. The second kappa shape index (κ2) is 6.62. The Morgan fingerprint density at radius 3 is 2.70 bits per heavy atom. The van der Waals surface area contributed by atoms with Gasteiger partial charge in [0.1, 0.15) is 18.8 Å². The predicted octanol–water partition coefficient (Wildman–Crippen LogP) is 2.26. The van der Waals surface area contributed by atoms with Crippen LogP contribution in [0.15, 0.2) is 49.3 Å². The van der Waals surface area contributed by atoms with Crippen molar-refractivity contribution in [2.45, 2.75) is 12.6 Å². The summed E-state index contributed by atoms with van der Waals surface area (Å²) < 4.78 is 8.78. The van der Waals surface area contributed by atoms with Crippen LogP contribution in [0.3, 0.4) is 0 Å². The van der Waals surface area contributed by atoms with E-state index < -0.39 is 12.1 Å². The highest BCUT2D eigenvalue weighted by molar-refractivity contribution is 6.30. The number of ether oxygens (including phenoxy) is 1. The SMILES string of the molecule is Cn1cc(C(=O)OC(Cn2cncn2)c2ccc(Cl)cc2)cn1. The van der Waals surface area contributed by atoms with E-state index in [2.05, 4.69) is 15.2 Å². The van der Waals surface area contributed by atoms with Gasteiger partial charge in [-0.25, -0.2) is 14.5 Å². The van der Waals surface area contributed by atoms with Gasteiger partial charge in [0.2, 0.25) is 0 Å². The van der Waals surface area contributed by atoms with Crippen LogP contribution in [-0.4, -0.2) is 30.5 Å². The average molecular weight is 332 g/mol. The molecule has 1 aromatic carbocycles. The van der Waals surface area contributed by atoms with Crippen molar-refractivity contribution in [1.29, 1.82) is 0 Å². The van der Waals surface area contributed by atoms with Gasteiger partial charge in [0.25, 0.3) is 0 Å². The van der Waals surface area contributed by atoms with Crippen LogP contribution in [0, 0.1) is 0 Å². The molecule has 0 N–H and O–H groups in total. The number of hydrogen-bond donors (Lipinski definition) is 0. The third-order valence-electron chi connectivity index (χ3n) is 3.25. The normalized spacial score (nSPS) is 12.1. The van der Waals surface area contributed by atoms with Crippen LogP contribution in [0.4, 0.5) is 0 Å². The van der Waals surface area contributed by atoms with E-state index in [1.807, 2.05) is 12.1 Å². The molecule has 118 valence electrons. The molecular formula is C15H14ClN5O2. The molecule has 0 saturated carbocycles. The van der Waals surface area contributed by atoms with Gasteiger partial charge in [0, 0.05) is 18.3 Å². The number of aromatic nitrogens is 5. The van der Waals surface area contributed by atoms with Crippen molar-refractivity contribution in [3.8, 4) is 0 Å². The third-order valence-corrected chi connectivity index (χ3v) is 3.50. The summed E-state index contributed by atoms with van der Waals surface area (Å²) in [4.78, 5) is 16.2. The van der Waals surface area contributed by atoms with E-state index in [1.54, 1.807) is 41.1 Å². The van der Waals surface area contributed by atoms with Gasteiger partial charge in [0.05, 0.1) is 18.3 Å². The Morgan fingerprint density at radius 2 is 2.09 bits per heavy atom. The van der Waals surface area contributed by atoms with Gasteiger partial charge in [-0.05, 0) is 17.7 Å². The Morgan fingerprint density at radius 1 is 1.30 bits per heavy atom. The molecule has 0 saturated heterocycles. The van der Waals surface area contributed by atoms with E-state index in [4.69, 9.17) is 16.3 Å². The highest BCUT2D eigenvalue weighted by atomic mass is 35.5. The molecule has 0 radical (unpaired) electrons. The molecule has 1 atom stereocenters. The van der Waals surface area contributed by atoms with Crippen LogP contribution in [-0.2, 0) is 18.3 Å². The first kappa shape index (κ1) is 15.2. The average Bonchev–Trinajstić information content (AvgIpc) is 3.19. The molecule has 1 unspecified atom stereocenters. The van der Waals surface area contributed by atoms with Gasteiger partial charge >= 0.3 is 5.97 Å². The van der Waals surface area contributed by atoms with Crippen molar-refractivity contribution in [3.05, 3.63) is 65.5 Å². The summed E-state index contributed by atoms with van der Waals surface area (Å²) in [5.74, 6) is -0.446. The second-order valence-electron chi connectivity index (χ2n) is 4.97. The summed E-state index contributed by atoms with van der Waals surface area (Å²) in [5.41, 5.74) is 1.21. The van der Waals surface area contributed by atoms with Crippen LogP contribution in [0.1, 0.15) is 22.0 Å². The maximum Gasteiger partial charge on any atom is 0.342 e. The van der Waals surface area contributed by atoms with Crippen LogP contribution in [0.2, 0.25) is 5.02 Å². The summed E-state index contributed by atoms with van der Waals surface area (Å²) in [6.45, 7) is 0.355. The molecule has 3 rings (SSSR count). The lowest BCUT2D eigenvalue weighted by Gasteiger charge is -2.18. The zero-order chi connectivity index (χ0) is 16.2. The summed E-state index contributed by atoms with van der Waals surface area (Å²) in [6.07, 6.45) is 5.57. The van der Waals surface area contributed by atoms with Gasteiger partial charge in [0.15, 0.2) is 0 Å². The molecule has 0 aliphatic rings. The van der Waals surface area contributed by atoms with Gasteiger partial charge in [-0.1, -0.05) is 23.7 Å². The zero-order valence-electron chi connectivity index (χ0n) is 12.3. The Kier molecular flexibility index (Phi) is 4.38. The Hall–Kier alpha value is -2.67. The number of nitrogens with zero attached hydrogens (tertiary/aromatic N) is 5. The summed E-state index contributed by atoms with van der Waals surface area (Å²) in [5, 5.41) is 8.65. The molecular weight excluding hydrogens is 318 g/mol. The fourth-order valence-corrected chi connectivity index (χ4v) is 2.23. The van der Waals surface area contributed by atoms with Crippen molar-refractivity contribution < 1.29 is 9.53 Å². The van der Waals surface area contributed by atoms with E-state index in [0.29, 0.717) is 17.1 Å². The minimum absolute atomic E-state index is 0.355. The predicted molar refractivity (Wildman–Crippen MR) is 82.8 cm³/mol. The molecule has 0 aliphatic carbocycles. The standard InChI is InChI=1S/C15H14ClN5O2/c1-20-7-12(6-18-20)15(22)23-14(8-21-10-17-9-19-21)11-2-4-13(16)5-3-11/h2-7,9-10,14H,8H2,1H3. The molecule has 0 aliphatic heterocycles. The van der Waals surface area contributed by atoms with Gasteiger partial charge in [-0.15, -0.1) is 0 Å². The fourth-order valence-electron chi connectivity index (χ4n) is 2.11. The topological polar surface area (TPSA) is 74.8 Å². The van der Waals surface area contributed by atoms with Crippen molar-refractivity contribution in [2.24, 2.45) is 7.05 Å². The summed E-state index contributed by atoms with van der Waals surface area (Å²) in [7, 11) is 1.74. The first-order valence-electron chi connectivity index (χ1n) is 6.89. The molecule has 2 aromatic heterocycles. The quantitative estimate of drug-likeness (QED) is 0.670. The molecule has 7 nitrogen and oxygen atoms in total. The molecule has 0 fully saturated rings. The van der Waals surface area contributed by atoms with E-state index in [0.717, 1.165) is 5.56 Å². The van der Waals surface area contributed by atoms with Crippen molar-refractivity contribution in [1.82, 2.24) is 24.5 Å². The van der Waals surface area contributed by atoms with Crippen LogP contribution in [0.25, 0.3) is 0 Å². The molecule has 23 heavy (non-hydrogen) atoms. The summed E-state index contributed by atoms with van der Waals surface area (Å²) >= 11 is 5.92. The largest absolute Gasteiger partial charge is 0.452 e. The van der Waals surface area contributed by atoms with E-state index in [-0.39, 0.29) is 0 Å². The van der Waals surface area contributed by atoms with Gasteiger partial charge < -0.3 is 4.74 Å². The first-order valence-corrected chi connectivity index (χ1v) is 7.27. The van der Waals surface area contributed by atoms with Crippen molar-refractivity contribution >= 4 is 17.6 Å². The minimum Gasteiger partial charge on any atom is -0.452 e. The van der Waals surface area contributed by atoms with E-state index >= 15 is 0 Å². The second-order valence-corrected chi connectivity index (χ2v) is 5.40. The maximum absolute atomic E-state index is 12.3. The van der Waals surface area contributed by atoms with Gasteiger partial charge in [-0.3, -0.25) is 4.68 Å². The van der Waals surface area contributed by atoms with E-state index in [9.17, 15) is 4.79 Å². The third kappa shape index (κ3) is 3.75. The Balaban J connectivity index is 1.82. The van der Waals surface area contributed by atoms with Crippen molar-refractivity contribution in [3.63, 3.8) is 0 Å². The van der Waals surface area contributed by atoms with Gasteiger partial charge in [-0.2, -0.15) is 10.2 Å². The number of carbonyl (C=O) groups excluding carboxylic acids is 1. The Labute approximate surface area is 137 Å². The smallest absolute Gasteiger partial charge is 0.342 e. The molecule has 3 aromatic rings. The highest BCUT2D eigenvalue weighted by Crippen LogP contribution is 2.23. The molecule has 0 bridgehead atoms. The number of halogens is 1. The summed E-state index contributed by atoms with van der Waals surface area (Å²) in [6, 6.07) is 7.15. The molecule has 2 heterocycles. The number of hydrogen-bond acceptors (Lipinski definition) is 5. The number of benzene rings is 1. The van der Waals surface area contributed by atoms with Crippen LogP contribution < -0.4 is 0 Å². The van der Waals surface area contributed by atoms with Crippen LogP contribution >= 0.6 is 11.6 Å². The molecule has 0 amide bonds. The number of esters is 1. The Bertz CT molecular complexity index is 783. The number of rotatable bonds is 5. The van der Waals surface area contributed by atoms with Crippen LogP contribution in [0.5, 0.6) is 0 Å². The zero-order valence-corrected chi connectivity index (χ0v) is 13.1. The number of carbonyl (C=O) groups is 1. The van der Waals surface area contributed by atoms with E-state index in [1.165, 1.54) is 12.5 Å². The molecule has 8 heteroatoms. The lowest BCUT2D eigenvalue weighted by molar-refractivity contribution is 0.0246. The monoisotopic (exact) mass is 331 g/mol. The lowest BCUT2D eigenvalue weighted by atomic mass is 10.1. The lowest BCUT2D eigenvalue weighted by Crippen LogP contribution is -2.17. The highest BCUT2D eigenvalue weighted by Gasteiger charge is 2.20. The minimum atomic E-state index is -0.512. The maximum atomic E-state index is 12.3.